The van der Waals surface area contributed by atoms with Crippen LogP contribution in [0, 0.1) is 0 Å². The van der Waals surface area contributed by atoms with E-state index < -0.39 is 0 Å². The minimum atomic E-state index is 0.652. The van der Waals surface area contributed by atoms with Gasteiger partial charge in [-0.1, -0.05) is 97.1 Å². The summed E-state index contributed by atoms with van der Waals surface area (Å²) in [4.78, 5) is 14.9. The topological polar surface area (TPSA) is 51.8 Å². The number of nitrogens with zero attached hydrogens (tertiary/aromatic N) is 3. The van der Waals surface area contributed by atoms with Crippen LogP contribution in [0.2, 0.25) is 0 Å². The van der Waals surface area contributed by atoms with Gasteiger partial charge in [0, 0.05) is 27.5 Å². The highest BCUT2D eigenvalue weighted by Crippen LogP contribution is 2.50. The third kappa shape index (κ3) is 3.38. The van der Waals surface area contributed by atoms with Crippen molar-refractivity contribution in [1.82, 2.24) is 15.0 Å². The highest BCUT2D eigenvalue weighted by atomic mass is 16.3. The lowest BCUT2D eigenvalue weighted by Gasteiger charge is -2.10. The fraction of sp³-hybridized carbons (Fsp3) is 0. The Morgan fingerprint density at radius 1 is 0.390 bits per heavy atom. The molecule has 0 radical (unpaired) electrons. The monoisotopic (exact) mass is 523 g/mol. The highest BCUT2D eigenvalue weighted by Gasteiger charge is 2.25. The maximum Gasteiger partial charge on any atom is 0.164 e. The van der Waals surface area contributed by atoms with E-state index >= 15 is 0 Å². The van der Waals surface area contributed by atoms with Gasteiger partial charge in [-0.2, -0.15) is 0 Å². The van der Waals surface area contributed by atoms with E-state index in [1.54, 1.807) is 0 Å². The lowest BCUT2D eigenvalue weighted by atomic mass is 9.99. The Bertz CT molecular complexity index is 2250. The van der Waals surface area contributed by atoms with Crippen LogP contribution in [-0.4, -0.2) is 15.0 Å². The van der Waals surface area contributed by atoms with Gasteiger partial charge in [0.15, 0.2) is 17.5 Å². The first-order valence-electron chi connectivity index (χ1n) is 13.7. The zero-order valence-corrected chi connectivity index (χ0v) is 21.9. The van der Waals surface area contributed by atoms with Gasteiger partial charge >= 0.3 is 0 Å². The van der Waals surface area contributed by atoms with Crippen LogP contribution < -0.4 is 0 Å². The molecule has 1 aliphatic carbocycles. The molecule has 2 aromatic heterocycles. The van der Waals surface area contributed by atoms with Crippen LogP contribution in [0.15, 0.2) is 132 Å². The predicted octanol–water partition coefficient (Wildman–Crippen LogP) is 9.57. The van der Waals surface area contributed by atoms with Crippen LogP contribution in [0.1, 0.15) is 0 Å². The van der Waals surface area contributed by atoms with Crippen LogP contribution in [0.25, 0.3) is 89.1 Å². The molecule has 190 valence electrons. The van der Waals surface area contributed by atoms with E-state index in [1.165, 1.54) is 27.6 Å². The molecule has 0 unspecified atom stereocenters. The normalized spacial score (nSPS) is 11.9. The molecule has 0 spiro atoms. The molecule has 9 rings (SSSR count). The molecule has 6 aromatic carbocycles. The quantitative estimate of drug-likeness (QED) is 0.231. The third-order valence-corrected chi connectivity index (χ3v) is 8.03. The van der Waals surface area contributed by atoms with Crippen LogP contribution in [0.3, 0.4) is 0 Å². The van der Waals surface area contributed by atoms with Crippen molar-refractivity contribution in [3.8, 4) is 56.4 Å². The number of aromatic nitrogens is 3. The summed E-state index contributed by atoms with van der Waals surface area (Å²) in [7, 11) is 0. The maximum absolute atomic E-state index is 6.28. The van der Waals surface area contributed by atoms with E-state index in [0.717, 1.165) is 44.0 Å². The second-order valence-corrected chi connectivity index (χ2v) is 10.5. The van der Waals surface area contributed by atoms with Crippen molar-refractivity contribution in [3.05, 3.63) is 127 Å². The molecule has 41 heavy (non-hydrogen) atoms. The minimum Gasteiger partial charge on any atom is -0.456 e. The molecule has 0 saturated carbocycles. The number of benzene rings is 6. The summed E-state index contributed by atoms with van der Waals surface area (Å²) in [5.74, 6) is 1.97. The molecule has 0 fully saturated rings. The zero-order valence-electron chi connectivity index (χ0n) is 21.9. The lowest BCUT2D eigenvalue weighted by molar-refractivity contribution is 0.669. The van der Waals surface area contributed by atoms with Crippen molar-refractivity contribution in [2.75, 3.05) is 0 Å². The van der Waals surface area contributed by atoms with E-state index in [4.69, 9.17) is 19.4 Å². The summed E-state index contributed by atoms with van der Waals surface area (Å²) >= 11 is 0. The average Bonchev–Trinajstić information content (AvgIpc) is 3.56. The van der Waals surface area contributed by atoms with Gasteiger partial charge in [0.2, 0.25) is 0 Å². The van der Waals surface area contributed by atoms with Crippen LogP contribution in [0.5, 0.6) is 0 Å². The number of hydrogen-bond donors (Lipinski definition) is 0. The van der Waals surface area contributed by atoms with Gasteiger partial charge in [-0.15, -0.1) is 0 Å². The highest BCUT2D eigenvalue weighted by molar-refractivity contribution is 6.20. The lowest BCUT2D eigenvalue weighted by Crippen LogP contribution is -2.00. The van der Waals surface area contributed by atoms with Gasteiger partial charge in [-0.25, -0.2) is 15.0 Å². The van der Waals surface area contributed by atoms with Gasteiger partial charge in [-0.3, -0.25) is 0 Å². The second kappa shape index (κ2) is 8.44. The molecule has 4 heteroatoms. The first kappa shape index (κ1) is 22.2. The van der Waals surface area contributed by atoms with Crippen LogP contribution in [-0.2, 0) is 0 Å². The zero-order chi connectivity index (χ0) is 26.9. The largest absolute Gasteiger partial charge is 0.456 e. The molecule has 8 aromatic rings. The third-order valence-electron chi connectivity index (χ3n) is 8.03. The second-order valence-electron chi connectivity index (χ2n) is 10.5. The first-order valence-corrected chi connectivity index (χ1v) is 13.7. The van der Waals surface area contributed by atoms with E-state index in [9.17, 15) is 0 Å². The van der Waals surface area contributed by atoms with Gasteiger partial charge in [0.05, 0.1) is 0 Å². The Morgan fingerprint density at radius 3 is 1.76 bits per heavy atom. The van der Waals surface area contributed by atoms with Crippen LogP contribution >= 0.6 is 0 Å². The summed E-state index contributed by atoms with van der Waals surface area (Å²) in [6.45, 7) is 0. The molecular weight excluding hydrogens is 502 g/mol. The average molecular weight is 524 g/mol. The molecule has 0 bridgehead atoms. The van der Waals surface area contributed by atoms with Crippen molar-refractivity contribution in [2.45, 2.75) is 0 Å². The van der Waals surface area contributed by atoms with E-state index in [1.807, 2.05) is 72.8 Å². The van der Waals surface area contributed by atoms with Crippen molar-refractivity contribution in [2.24, 2.45) is 0 Å². The molecule has 0 aliphatic heterocycles. The Balaban J connectivity index is 1.29. The van der Waals surface area contributed by atoms with E-state index in [0.29, 0.717) is 17.5 Å². The van der Waals surface area contributed by atoms with E-state index in [-0.39, 0.29) is 0 Å². The summed E-state index contributed by atoms with van der Waals surface area (Å²) in [6, 6.07) is 43.9. The Kier molecular flexibility index (Phi) is 4.58. The molecule has 2 heterocycles. The van der Waals surface area contributed by atoms with Crippen molar-refractivity contribution in [3.63, 3.8) is 0 Å². The minimum absolute atomic E-state index is 0.652. The van der Waals surface area contributed by atoms with Gasteiger partial charge < -0.3 is 4.42 Å². The standard InChI is InChI=1S/C37H21N3O/c1-3-10-22(11-4-1)35-38-36(23-12-5-2-6-13-23)40-37(39-35)25-18-24-14-9-16-27-28-20-30-26-15-7-8-17-32(26)41-33(30)21-29(28)31(19-25)34(24)27/h1-21H. The Morgan fingerprint density at radius 2 is 1.02 bits per heavy atom. The summed E-state index contributed by atoms with van der Waals surface area (Å²) in [5, 5.41) is 4.70. The molecule has 1 aliphatic rings. The number of hydrogen-bond acceptors (Lipinski definition) is 4. The van der Waals surface area contributed by atoms with Crippen molar-refractivity contribution >= 4 is 32.7 Å². The van der Waals surface area contributed by atoms with Gasteiger partial charge in [0.1, 0.15) is 11.2 Å². The molecule has 4 nitrogen and oxygen atoms in total. The fourth-order valence-electron chi connectivity index (χ4n) is 6.15. The molecule has 0 saturated heterocycles. The van der Waals surface area contributed by atoms with Crippen molar-refractivity contribution < 1.29 is 4.42 Å². The molecule has 0 N–H and O–H groups in total. The number of rotatable bonds is 3. The summed E-state index contributed by atoms with van der Waals surface area (Å²) in [6.07, 6.45) is 0. The maximum atomic E-state index is 6.28. The fourth-order valence-corrected chi connectivity index (χ4v) is 6.15. The first-order chi connectivity index (χ1) is 20.3. The Hall–Kier alpha value is -5.61. The number of furan rings is 1. The number of fused-ring (bicyclic) bond motifs is 6. The molecule has 0 atom stereocenters. The number of para-hydroxylation sites is 1. The SMILES string of the molecule is c1ccc(-c2nc(-c3ccccc3)nc(-c3cc4c5c(cccc5c3)-c3cc5c(cc3-4)oc3ccccc35)n2)cc1. The van der Waals surface area contributed by atoms with Crippen LogP contribution in [0.4, 0.5) is 0 Å². The summed E-state index contributed by atoms with van der Waals surface area (Å²) in [5.41, 5.74) is 9.50. The van der Waals surface area contributed by atoms with Gasteiger partial charge in [0.25, 0.3) is 0 Å². The van der Waals surface area contributed by atoms with E-state index in [2.05, 4.69) is 54.6 Å². The van der Waals surface area contributed by atoms with Gasteiger partial charge in [-0.05, 0) is 63.4 Å². The molecule has 0 amide bonds. The smallest absolute Gasteiger partial charge is 0.164 e. The Labute approximate surface area is 235 Å². The predicted molar refractivity (Wildman–Crippen MR) is 165 cm³/mol. The van der Waals surface area contributed by atoms with Crippen molar-refractivity contribution in [1.29, 1.82) is 0 Å². The summed E-state index contributed by atoms with van der Waals surface area (Å²) < 4.78 is 6.28. The molecular formula is C37H21N3O.